The van der Waals surface area contributed by atoms with Crippen LogP contribution in [0.4, 0.5) is 14.7 Å². The van der Waals surface area contributed by atoms with Crippen LogP contribution in [0.15, 0.2) is 28.2 Å². The number of anilines is 1. The Hall–Kier alpha value is -3.12. The first kappa shape index (κ1) is 29.4. The maximum absolute atomic E-state index is 15.3. The summed E-state index contributed by atoms with van der Waals surface area (Å²) in [6, 6.07) is 1.31. The number of nitrogens with two attached hydrogens (primary N) is 1. The first-order chi connectivity index (χ1) is 19.3. The Morgan fingerprint density at radius 1 is 1.29 bits per heavy atom. The molecule has 5 heterocycles. The van der Waals surface area contributed by atoms with Gasteiger partial charge in [0.25, 0.3) is 5.56 Å². The molecule has 7 atom stereocenters. The zero-order chi connectivity index (χ0) is 29.7. The monoisotopic (exact) mass is 603 g/mol. The fourth-order valence-electron chi connectivity index (χ4n) is 4.91. The second-order valence-electron chi connectivity index (χ2n) is 9.96. The quantitative estimate of drug-likeness (QED) is 0.239. The van der Waals surface area contributed by atoms with Crippen molar-refractivity contribution < 1.29 is 41.9 Å². The highest BCUT2D eigenvalue weighted by molar-refractivity contribution is 7.47. The molecule has 0 aromatic carbocycles. The predicted molar refractivity (Wildman–Crippen MR) is 135 cm³/mol. The van der Waals surface area contributed by atoms with Crippen molar-refractivity contribution >= 4 is 24.9 Å². The van der Waals surface area contributed by atoms with E-state index in [0.29, 0.717) is 11.0 Å². The van der Waals surface area contributed by atoms with Crippen molar-refractivity contribution in [3.63, 3.8) is 0 Å². The Labute approximate surface area is 229 Å². The molecular weight excluding hydrogens is 575 g/mol. The first-order valence-electron chi connectivity index (χ1n) is 12.5. The van der Waals surface area contributed by atoms with Crippen molar-refractivity contribution in [2.75, 3.05) is 18.9 Å². The van der Waals surface area contributed by atoms with Gasteiger partial charge in [0.2, 0.25) is 12.2 Å². The van der Waals surface area contributed by atoms with Gasteiger partial charge in [-0.2, -0.15) is 18.7 Å². The number of H-pyrrole nitrogens is 1. The van der Waals surface area contributed by atoms with E-state index in [0.717, 1.165) is 6.20 Å². The Morgan fingerprint density at radius 3 is 2.76 bits per heavy atom. The lowest BCUT2D eigenvalue weighted by molar-refractivity contribution is -0.140. The molecule has 3 aromatic rings. The van der Waals surface area contributed by atoms with Crippen molar-refractivity contribution in [1.29, 1.82) is 0 Å². The number of halogens is 2. The molecule has 224 valence electrons. The SMILES string of the molecule is Cc1ccn(C2OC(CO)C(OP(=O)(O)OCC3OC(Cn4cnc5c(=O)[nH]c(N)nc54)CC3C)C2(F)F)c(=O)n1. The highest BCUT2D eigenvalue weighted by atomic mass is 31.2. The molecular formula is C22H28F2N7O9P. The number of alkyl halides is 2. The second kappa shape index (κ2) is 10.9. The summed E-state index contributed by atoms with van der Waals surface area (Å²) >= 11 is 0. The molecule has 0 spiro atoms. The third-order valence-electron chi connectivity index (χ3n) is 6.93. The number of nitrogen functional groups attached to an aromatic ring is 1. The Kier molecular flexibility index (Phi) is 7.84. The fourth-order valence-corrected chi connectivity index (χ4v) is 5.87. The predicted octanol–water partition coefficient (Wildman–Crippen LogP) is 0.0879. The third-order valence-corrected chi connectivity index (χ3v) is 7.90. The van der Waals surface area contributed by atoms with Gasteiger partial charge in [-0.1, -0.05) is 6.92 Å². The van der Waals surface area contributed by atoms with Crippen LogP contribution < -0.4 is 17.0 Å². The number of ether oxygens (including phenoxy) is 2. The minimum absolute atomic E-state index is 0.0782. The molecule has 2 saturated heterocycles. The van der Waals surface area contributed by atoms with Crippen molar-refractivity contribution in [2.45, 2.75) is 63.4 Å². The second-order valence-corrected chi connectivity index (χ2v) is 11.4. The molecule has 2 aliphatic heterocycles. The minimum Gasteiger partial charge on any atom is -0.394 e. The van der Waals surface area contributed by atoms with Gasteiger partial charge >= 0.3 is 19.4 Å². The summed E-state index contributed by atoms with van der Waals surface area (Å²) in [6.07, 6.45) is -4.61. The number of aromatic amines is 1. The van der Waals surface area contributed by atoms with E-state index in [-0.39, 0.29) is 35.3 Å². The van der Waals surface area contributed by atoms with E-state index in [4.69, 9.17) is 24.3 Å². The van der Waals surface area contributed by atoms with Crippen LogP contribution in [0.3, 0.4) is 0 Å². The number of imidazole rings is 1. The zero-order valence-electron chi connectivity index (χ0n) is 21.8. The number of phosphoric acid groups is 1. The summed E-state index contributed by atoms with van der Waals surface area (Å²) < 4.78 is 66.3. The standard InChI is InChI=1S/C22H28F2N7O9P/c1-10-5-12(6-30-9-26-15-17(30)28-20(25)29-18(15)33)38-14(10)8-37-41(35,36)40-16-13(7-32)39-19(22(16,23)24)31-4-3-11(2)27-21(31)34/h3-4,9-10,12-14,16,19,32H,5-8H2,1-2H3,(H,35,36)(H3,25,28,29,33). The number of phosphoric ester groups is 1. The lowest BCUT2D eigenvalue weighted by Crippen LogP contribution is -2.43. The van der Waals surface area contributed by atoms with E-state index in [9.17, 15) is 24.2 Å². The molecule has 2 fully saturated rings. The summed E-state index contributed by atoms with van der Waals surface area (Å²) in [5.41, 5.74) is 4.74. The van der Waals surface area contributed by atoms with Gasteiger partial charge in [-0.15, -0.1) is 0 Å². The van der Waals surface area contributed by atoms with Crippen molar-refractivity contribution in [1.82, 2.24) is 29.1 Å². The molecule has 0 bridgehead atoms. The van der Waals surface area contributed by atoms with Crippen LogP contribution in [0.25, 0.3) is 11.2 Å². The van der Waals surface area contributed by atoms with Gasteiger partial charge in [-0.25, -0.2) is 14.3 Å². The van der Waals surface area contributed by atoms with E-state index in [1.54, 1.807) is 4.57 Å². The molecule has 0 aliphatic carbocycles. The van der Waals surface area contributed by atoms with Gasteiger partial charge < -0.3 is 29.8 Å². The van der Waals surface area contributed by atoms with Crippen molar-refractivity contribution in [3.05, 3.63) is 45.1 Å². The minimum atomic E-state index is -5.14. The van der Waals surface area contributed by atoms with Crippen LogP contribution in [-0.2, 0) is 29.6 Å². The molecule has 5 N–H and O–H groups in total. The molecule has 7 unspecified atom stereocenters. The Bertz CT molecular complexity index is 1600. The summed E-state index contributed by atoms with van der Waals surface area (Å²) in [7, 11) is -5.14. The molecule has 16 nitrogen and oxygen atoms in total. The molecule has 0 saturated carbocycles. The van der Waals surface area contributed by atoms with Gasteiger partial charge in [-0.05, 0) is 25.3 Å². The maximum Gasteiger partial charge on any atom is 0.472 e. The van der Waals surface area contributed by atoms with E-state index in [1.807, 2.05) is 6.92 Å². The molecule has 41 heavy (non-hydrogen) atoms. The smallest absolute Gasteiger partial charge is 0.394 e. The fraction of sp³-hybridized carbons (Fsp3) is 0.591. The number of nitrogens with one attached hydrogen (secondary N) is 1. The van der Waals surface area contributed by atoms with Crippen LogP contribution in [0, 0.1) is 12.8 Å². The van der Waals surface area contributed by atoms with Crippen LogP contribution in [0.1, 0.15) is 25.3 Å². The maximum atomic E-state index is 15.3. The number of fused-ring (bicyclic) bond motifs is 1. The molecule has 5 rings (SSSR count). The van der Waals surface area contributed by atoms with Gasteiger partial charge in [0.1, 0.15) is 6.10 Å². The molecule has 0 radical (unpaired) electrons. The van der Waals surface area contributed by atoms with Gasteiger partial charge in [0.15, 0.2) is 17.3 Å². The third kappa shape index (κ3) is 5.81. The number of rotatable bonds is 9. The Morgan fingerprint density at radius 2 is 2.05 bits per heavy atom. The summed E-state index contributed by atoms with van der Waals surface area (Å²) in [5.74, 6) is -4.28. The zero-order valence-corrected chi connectivity index (χ0v) is 22.7. The van der Waals surface area contributed by atoms with Crippen LogP contribution in [-0.4, -0.2) is 82.6 Å². The van der Waals surface area contributed by atoms with Crippen LogP contribution in [0.5, 0.6) is 0 Å². The Balaban J connectivity index is 1.23. The van der Waals surface area contributed by atoms with Crippen LogP contribution in [0.2, 0.25) is 0 Å². The largest absolute Gasteiger partial charge is 0.472 e. The van der Waals surface area contributed by atoms with Crippen molar-refractivity contribution in [2.24, 2.45) is 5.92 Å². The average molecular weight is 603 g/mol. The number of aliphatic hydroxyl groups excluding tert-OH is 1. The van der Waals surface area contributed by atoms with Gasteiger partial charge in [-0.3, -0.25) is 23.4 Å². The van der Waals surface area contributed by atoms with Crippen molar-refractivity contribution in [3.8, 4) is 0 Å². The molecule has 3 aromatic heterocycles. The number of aryl methyl sites for hydroxylation is 1. The number of nitrogens with zero attached hydrogens (tertiary/aromatic N) is 5. The number of aliphatic hydroxyl groups is 1. The highest BCUT2D eigenvalue weighted by Crippen LogP contribution is 2.53. The summed E-state index contributed by atoms with van der Waals surface area (Å²) in [6.45, 7) is 2.06. The molecule has 2 aliphatic rings. The van der Waals surface area contributed by atoms with E-state index >= 15 is 8.78 Å². The first-order valence-corrected chi connectivity index (χ1v) is 14.0. The summed E-state index contributed by atoms with van der Waals surface area (Å²) in [5, 5.41) is 9.60. The highest BCUT2D eigenvalue weighted by Gasteiger charge is 2.63. The lowest BCUT2D eigenvalue weighted by Gasteiger charge is -2.26. The van der Waals surface area contributed by atoms with Crippen LogP contribution >= 0.6 is 7.82 Å². The van der Waals surface area contributed by atoms with E-state index < -0.39 is 68.9 Å². The number of hydrogen-bond donors (Lipinski definition) is 4. The van der Waals surface area contributed by atoms with Gasteiger partial charge in [0.05, 0.1) is 38.3 Å². The number of aromatic nitrogens is 6. The lowest BCUT2D eigenvalue weighted by atomic mass is 10.0. The normalized spacial score (nSPS) is 29.2. The topological polar surface area (TPSA) is 219 Å². The van der Waals surface area contributed by atoms with E-state index in [2.05, 4.69) is 19.9 Å². The summed E-state index contributed by atoms with van der Waals surface area (Å²) in [4.78, 5) is 48.5. The number of hydrogen-bond acceptors (Lipinski definition) is 12. The van der Waals surface area contributed by atoms with Gasteiger partial charge in [0, 0.05) is 11.9 Å². The molecule has 19 heteroatoms. The molecule has 0 amide bonds. The van der Waals surface area contributed by atoms with E-state index in [1.165, 1.54) is 19.3 Å². The average Bonchev–Trinajstić information content (AvgIpc) is 3.52.